The summed E-state index contributed by atoms with van der Waals surface area (Å²) in [5.41, 5.74) is 0. The van der Waals surface area contributed by atoms with E-state index >= 15 is 0 Å². The molecule has 1 amide bonds. The van der Waals surface area contributed by atoms with E-state index in [4.69, 9.17) is 9.84 Å². The van der Waals surface area contributed by atoms with Crippen LogP contribution in [0.4, 0.5) is 0 Å². The van der Waals surface area contributed by atoms with Gasteiger partial charge in [0.05, 0.1) is 19.1 Å². The van der Waals surface area contributed by atoms with Gasteiger partial charge in [0.1, 0.15) is 0 Å². The van der Waals surface area contributed by atoms with E-state index < -0.39 is 11.9 Å². The molecule has 6 nitrogen and oxygen atoms in total. The second-order valence-corrected chi connectivity index (χ2v) is 4.57. The number of nitrogens with zero attached hydrogens (tertiary/aromatic N) is 1. The molecular weight excluding hydrogens is 236 g/mol. The summed E-state index contributed by atoms with van der Waals surface area (Å²) in [6.45, 7) is 6.28. The third-order valence-corrected chi connectivity index (χ3v) is 3.12. The normalized spacial score (nSPS) is 23.3. The number of rotatable bonds is 7. The Labute approximate surface area is 107 Å². The van der Waals surface area contributed by atoms with Gasteiger partial charge in [-0.25, -0.2) is 0 Å². The average molecular weight is 258 g/mol. The van der Waals surface area contributed by atoms with Gasteiger partial charge in [-0.1, -0.05) is 6.92 Å². The van der Waals surface area contributed by atoms with E-state index in [9.17, 15) is 9.59 Å². The zero-order chi connectivity index (χ0) is 13.5. The van der Waals surface area contributed by atoms with Crippen molar-refractivity contribution in [3.8, 4) is 0 Å². The molecule has 0 radical (unpaired) electrons. The largest absolute Gasteiger partial charge is 0.481 e. The lowest BCUT2D eigenvalue weighted by molar-refractivity contribution is -0.143. The van der Waals surface area contributed by atoms with Crippen LogP contribution in [0.15, 0.2) is 0 Å². The molecule has 1 fully saturated rings. The molecule has 104 valence electrons. The van der Waals surface area contributed by atoms with Crippen molar-refractivity contribution in [3.63, 3.8) is 0 Å². The van der Waals surface area contributed by atoms with Gasteiger partial charge < -0.3 is 15.2 Å². The highest BCUT2D eigenvalue weighted by Gasteiger charge is 2.37. The van der Waals surface area contributed by atoms with E-state index in [-0.39, 0.29) is 18.6 Å². The summed E-state index contributed by atoms with van der Waals surface area (Å²) in [5.74, 6) is -1.34. The number of amides is 1. The number of carbonyl (C=O) groups excluding carboxylic acids is 1. The molecule has 2 atom stereocenters. The van der Waals surface area contributed by atoms with E-state index in [2.05, 4.69) is 17.1 Å². The van der Waals surface area contributed by atoms with E-state index in [1.54, 1.807) is 0 Å². The first-order chi connectivity index (χ1) is 8.56. The Balaban J connectivity index is 2.54. The van der Waals surface area contributed by atoms with Crippen molar-refractivity contribution in [2.45, 2.75) is 26.3 Å². The van der Waals surface area contributed by atoms with Crippen molar-refractivity contribution < 1.29 is 19.4 Å². The van der Waals surface area contributed by atoms with E-state index in [1.807, 2.05) is 0 Å². The number of hydrogen-bond acceptors (Lipinski definition) is 4. The van der Waals surface area contributed by atoms with Crippen LogP contribution < -0.4 is 5.32 Å². The van der Waals surface area contributed by atoms with Crippen LogP contribution in [0, 0.1) is 5.92 Å². The summed E-state index contributed by atoms with van der Waals surface area (Å²) in [6.07, 6.45) is 0.947. The minimum absolute atomic E-state index is 0.0658. The number of aliphatic carboxylic acids is 1. The van der Waals surface area contributed by atoms with Crippen LogP contribution in [-0.4, -0.2) is 60.8 Å². The highest BCUT2D eigenvalue weighted by atomic mass is 16.5. The van der Waals surface area contributed by atoms with Crippen LogP contribution in [0.3, 0.4) is 0 Å². The Bertz CT molecular complexity index is 296. The van der Waals surface area contributed by atoms with Crippen molar-refractivity contribution in [1.82, 2.24) is 10.2 Å². The van der Waals surface area contributed by atoms with Crippen molar-refractivity contribution in [1.29, 1.82) is 0 Å². The van der Waals surface area contributed by atoms with Gasteiger partial charge >= 0.3 is 5.97 Å². The summed E-state index contributed by atoms with van der Waals surface area (Å²) >= 11 is 0. The highest BCUT2D eigenvalue weighted by molar-refractivity contribution is 5.72. The Morgan fingerprint density at radius 2 is 2.11 bits per heavy atom. The van der Waals surface area contributed by atoms with Crippen LogP contribution in [0.25, 0.3) is 0 Å². The second kappa shape index (κ2) is 7.33. The quantitative estimate of drug-likeness (QED) is 0.668. The molecule has 0 spiro atoms. The van der Waals surface area contributed by atoms with Gasteiger partial charge in [-0.3, -0.25) is 14.5 Å². The number of carbonyl (C=O) groups is 2. The minimum Gasteiger partial charge on any atom is -0.481 e. The van der Waals surface area contributed by atoms with Crippen molar-refractivity contribution in [2.24, 2.45) is 5.92 Å². The Morgan fingerprint density at radius 3 is 2.67 bits per heavy atom. The summed E-state index contributed by atoms with van der Waals surface area (Å²) in [5, 5.41) is 11.9. The number of carboxylic acids is 1. The monoisotopic (exact) mass is 258 g/mol. The lowest BCUT2D eigenvalue weighted by Gasteiger charge is -2.29. The van der Waals surface area contributed by atoms with Crippen LogP contribution in [0.1, 0.15) is 20.3 Å². The van der Waals surface area contributed by atoms with E-state index in [0.29, 0.717) is 19.7 Å². The fraction of sp³-hybridized carbons (Fsp3) is 0.833. The fourth-order valence-corrected chi connectivity index (χ4v) is 2.24. The first kappa shape index (κ1) is 14.9. The number of carboxylic acid groups (broad SMARTS) is 1. The SMILES string of the molecule is CCCN(CCNC(C)=O)C1COCC1C(=O)O. The Kier molecular flexibility index (Phi) is 6.07. The van der Waals surface area contributed by atoms with Crippen LogP contribution in [0.5, 0.6) is 0 Å². The zero-order valence-electron chi connectivity index (χ0n) is 11.0. The molecular formula is C12H22N2O4. The van der Waals surface area contributed by atoms with Crippen LogP contribution >= 0.6 is 0 Å². The predicted octanol–water partition coefficient (Wildman–Crippen LogP) is -0.0659. The molecule has 1 aliphatic rings. The molecule has 1 heterocycles. The molecule has 0 aliphatic carbocycles. The molecule has 6 heteroatoms. The van der Waals surface area contributed by atoms with E-state index in [0.717, 1.165) is 13.0 Å². The van der Waals surface area contributed by atoms with Gasteiger partial charge in [0.25, 0.3) is 0 Å². The van der Waals surface area contributed by atoms with Gasteiger partial charge in [-0.2, -0.15) is 0 Å². The molecule has 0 bridgehead atoms. The van der Waals surface area contributed by atoms with Crippen molar-refractivity contribution in [3.05, 3.63) is 0 Å². The van der Waals surface area contributed by atoms with Crippen molar-refractivity contribution >= 4 is 11.9 Å². The van der Waals surface area contributed by atoms with Gasteiger partial charge in [-0.15, -0.1) is 0 Å². The lowest BCUT2D eigenvalue weighted by atomic mass is 10.0. The number of hydrogen-bond donors (Lipinski definition) is 2. The topological polar surface area (TPSA) is 78.9 Å². The zero-order valence-corrected chi connectivity index (χ0v) is 11.0. The van der Waals surface area contributed by atoms with Gasteiger partial charge in [-0.05, 0) is 13.0 Å². The van der Waals surface area contributed by atoms with Gasteiger partial charge in [0.2, 0.25) is 5.91 Å². The third kappa shape index (κ3) is 4.27. The number of nitrogens with one attached hydrogen (secondary N) is 1. The average Bonchev–Trinajstić information content (AvgIpc) is 2.76. The Morgan fingerprint density at radius 1 is 1.39 bits per heavy atom. The Hall–Kier alpha value is -1.14. The molecule has 2 N–H and O–H groups in total. The summed E-state index contributed by atoms with van der Waals surface area (Å²) < 4.78 is 5.28. The minimum atomic E-state index is -0.807. The summed E-state index contributed by atoms with van der Waals surface area (Å²) in [4.78, 5) is 24.1. The molecule has 1 rings (SSSR count). The molecule has 0 aromatic heterocycles. The number of ether oxygens (including phenoxy) is 1. The maximum Gasteiger partial charge on any atom is 0.310 e. The van der Waals surface area contributed by atoms with Gasteiger partial charge in [0, 0.05) is 26.1 Å². The molecule has 0 saturated carbocycles. The van der Waals surface area contributed by atoms with Crippen LogP contribution in [-0.2, 0) is 14.3 Å². The molecule has 18 heavy (non-hydrogen) atoms. The maximum atomic E-state index is 11.1. The standard InChI is InChI=1S/C12H22N2O4/c1-3-5-14(6-4-13-9(2)15)11-8-18-7-10(11)12(16)17/h10-11H,3-8H2,1-2H3,(H,13,15)(H,16,17). The third-order valence-electron chi connectivity index (χ3n) is 3.12. The van der Waals surface area contributed by atoms with Crippen LogP contribution in [0.2, 0.25) is 0 Å². The molecule has 2 unspecified atom stereocenters. The van der Waals surface area contributed by atoms with Gasteiger partial charge in [0.15, 0.2) is 0 Å². The predicted molar refractivity (Wildman–Crippen MR) is 66.3 cm³/mol. The summed E-state index contributed by atoms with van der Waals surface area (Å²) in [6, 6.07) is -0.0868. The molecule has 0 aromatic rings. The second-order valence-electron chi connectivity index (χ2n) is 4.57. The molecule has 1 saturated heterocycles. The highest BCUT2D eigenvalue weighted by Crippen LogP contribution is 2.20. The molecule has 1 aliphatic heterocycles. The first-order valence-corrected chi connectivity index (χ1v) is 6.35. The fourth-order valence-electron chi connectivity index (χ4n) is 2.24. The molecule has 0 aromatic carbocycles. The van der Waals surface area contributed by atoms with Crippen molar-refractivity contribution in [2.75, 3.05) is 32.8 Å². The van der Waals surface area contributed by atoms with E-state index in [1.165, 1.54) is 6.92 Å². The smallest absolute Gasteiger partial charge is 0.310 e. The lowest BCUT2D eigenvalue weighted by Crippen LogP contribution is -2.46. The summed E-state index contributed by atoms with van der Waals surface area (Å²) in [7, 11) is 0. The maximum absolute atomic E-state index is 11.1. The first-order valence-electron chi connectivity index (χ1n) is 6.35.